The summed E-state index contributed by atoms with van der Waals surface area (Å²) in [4.78, 5) is 10.3. The predicted octanol–water partition coefficient (Wildman–Crippen LogP) is 2.82. The van der Waals surface area contributed by atoms with Gasteiger partial charge in [-0.05, 0) is 11.5 Å². The van der Waals surface area contributed by atoms with Crippen LogP contribution in [-0.4, -0.2) is 11.1 Å². The second-order valence-electron chi connectivity index (χ2n) is 3.24. The van der Waals surface area contributed by atoms with Crippen LogP contribution < -0.4 is 4.74 Å². The molecule has 0 aliphatic carbocycles. The number of hydrogen-bond donors (Lipinski definition) is 1. The highest BCUT2D eigenvalue weighted by Gasteiger charge is 1.99. The molecule has 80 valence electrons. The van der Waals surface area contributed by atoms with Crippen LogP contribution in [0.1, 0.15) is 0 Å². The van der Waals surface area contributed by atoms with Crippen LogP contribution >= 0.6 is 0 Å². The second kappa shape index (κ2) is 4.49. The van der Waals surface area contributed by atoms with Crippen molar-refractivity contribution >= 4 is 16.7 Å². The number of benzene rings is 2. The lowest BCUT2D eigenvalue weighted by Gasteiger charge is -2.04. The van der Waals surface area contributed by atoms with Crippen LogP contribution in [0.2, 0.25) is 0 Å². The maximum atomic E-state index is 10.3. The van der Waals surface area contributed by atoms with Gasteiger partial charge in [0.1, 0.15) is 5.75 Å². The van der Waals surface area contributed by atoms with Gasteiger partial charge >= 0.3 is 5.97 Å². The molecular formula is C13H10O3. The highest BCUT2D eigenvalue weighted by atomic mass is 16.5. The van der Waals surface area contributed by atoms with Gasteiger partial charge in [-0.2, -0.15) is 0 Å². The Morgan fingerprint density at radius 1 is 1.12 bits per heavy atom. The molecular weight excluding hydrogens is 204 g/mol. The quantitative estimate of drug-likeness (QED) is 0.631. The number of fused-ring (bicyclic) bond motifs is 1. The van der Waals surface area contributed by atoms with Crippen LogP contribution in [-0.2, 0) is 4.79 Å². The fraction of sp³-hybridized carbons (Fsp3) is 0. The van der Waals surface area contributed by atoms with E-state index in [9.17, 15) is 4.79 Å². The molecule has 16 heavy (non-hydrogen) atoms. The maximum Gasteiger partial charge on any atom is 0.331 e. The molecule has 0 atom stereocenters. The molecule has 1 N–H and O–H groups in total. The molecule has 3 nitrogen and oxygen atoms in total. The lowest BCUT2D eigenvalue weighted by molar-refractivity contribution is -0.131. The summed E-state index contributed by atoms with van der Waals surface area (Å²) in [5, 5.41) is 10.5. The fourth-order valence-electron chi connectivity index (χ4n) is 1.46. The average Bonchev–Trinajstić information content (AvgIpc) is 2.29. The molecule has 0 aliphatic heterocycles. The van der Waals surface area contributed by atoms with Crippen molar-refractivity contribution in [3.63, 3.8) is 0 Å². The molecule has 0 aliphatic rings. The topological polar surface area (TPSA) is 46.5 Å². The van der Waals surface area contributed by atoms with Gasteiger partial charge in [-0.25, -0.2) is 4.79 Å². The Kier molecular flexibility index (Phi) is 2.87. The first-order chi connectivity index (χ1) is 7.77. The van der Waals surface area contributed by atoms with Crippen molar-refractivity contribution in [3.05, 3.63) is 54.8 Å². The van der Waals surface area contributed by atoms with Gasteiger partial charge in [-0.15, -0.1) is 0 Å². The zero-order valence-corrected chi connectivity index (χ0v) is 8.46. The van der Waals surface area contributed by atoms with Crippen molar-refractivity contribution in [2.45, 2.75) is 0 Å². The van der Waals surface area contributed by atoms with E-state index in [4.69, 9.17) is 9.84 Å². The Balaban J connectivity index is 2.34. The summed E-state index contributed by atoms with van der Waals surface area (Å²) in [7, 11) is 0. The lowest BCUT2D eigenvalue weighted by atomic mass is 10.1. The molecule has 2 aromatic rings. The third kappa shape index (κ3) is 2.20. The minimum atomic E-state index is -1.03. The van der Waals surface area contributed by atoms with E-state index < -0.39 is 5.97 Å². The van der Waals surface area contributed by atoms with E-state index in [0.717, 1.165) is 16.8 Å². The Morgan fingerprint density at radius 2 is 1.88 bits per heavy atom. The van der Waals surface area contributed by atoms with E-state index in [0.29, 0.717) is 5.75 Å². The van der Waals surface area contributed by atoms with Gasteiger partial charge in [0.2, 0.25) is 0 Å². The molecule has 0 spiro atoms. The first kappa shape index (κ1) is 10.2. The monoisotopic (exact) mass is 214 g/mol. The van der Waals surface area contributed by atoms with Gasteiger partial charge in [-0.3, -0.25) is 0 Å². The molecule has 0 fully saturated rings. The first-order valence-electron chi connectivity index (χ1n) is 4.81. The van der Waals surface area contributed by atoms with E-state index in [1.165, 1.54) is 6.26 Å². The minimum absolute atomic E-state index is 0.649. The number of aliphatic carboxylic acids is 1. The van der Waals surface area contributed by atoms with E-state index in [1.807, 2.05) is 36.4 Å². The van der Waals surface area contributed by atoms with Crippen LogP contribution in [0.25, 0.3) is 10.8 Å². The van der Waals surface area contributed by atoms with Gasteiger partial charge in [0, 0.05) is 5.39 Å². The Morgan fingerprint density at radius 3 is 2.69 bits per heavy atom. The van der Waals surface area contributed by atoms with E-state index in [-0.39, 0.29) is 0 Å². The average molecular weight is 214 g/mol. The Bertz CT molecular complexity index is 538. The van der Waals surface area contributed by atoms with E-state index >= 15 is 0 Å². The molecule has 2 aromatic carbocycles. The van der Waals surface area contributed by atoms with Gasteiger partial charge in [0.25, 0.3) is 0 Å². The second-order valence-corrected chi connectivity index (χ2v) is 3.24. The number of ether oxygens (including phenoxy) is 1. The van der Waals surface area contributed by atoms with Crippen LogP contribution in [0.15, 0.2) is 54.8 Å². The summed E-state index contributed by atoms with van der Waals surface area (Å²) >= 11 is 0. The first-order valence-corrected chi connectivity index (χ1v) is 4.81. The molecule has 0 bridgehead atoms. The molecule has 2 rings (SSSR count). The highest BCUT2D eigenvalue weighted by molar-refractivity contribution is 5.88. The number of carboxylic acid groups (broad SMARTS) is 1. The van der Waals surface area contributed by atoms with Crippen molar-refractivity contribution in [1.82, 2.24) is 0 Å². The molecule has 3 heteroatoms. The summed E-state index contributed by atoms with van der Waals surface area (Å²) in [6, 6.07) is 13.4. The third-order valence-electron chi connectivity index (χ3n) is 2.16. The molecule has 0 heterocycles. The minimum Gasteiger partial charge on any atom is -0.478 e. The molecule has 0 saturated carbocycles. The van der Waals surface area contributed by atoms with Crippen LogP contribution in [0, 0.1) is 0 Å². The van der Waals surface area contributed by atoms with Gasteiger partial charge in [-0.1, -0.05) is 36.4 Å². The summed E-state index contributed by atoms with van der Waals surface area (Å²) in [5.41, 5.74) is 0. The number of carbonyl (C=O) groups is 1. The van der Waals surface area contributed by atoms with Crippen LogP contribution in [0.5, 0.6) is 5.75 Å². The Labute approximate surface area is 92.6 Å². The van der Waals surface area contributed by atoms with Crippen molar-refractivity contribution < 1.29 is 14.6 Å². The van der Waals surface area contributed by atoms with Crippen molar-refractivity contribution in [3.8, 4) is 5.75 Å². The van der Waals surface area contributed by atoms with Crippen LogP contribution in [0.3, 0.4) is 0 Å². The van der Waals surface area contributed by atoms with E-state index in [2.05, 4.69) is 0 Å². The molecule has 0 unspecified atom stereocenters. The SMILES string of the molecule is O=C(O)C=COc1cccc2ccccc12. The summed E-state index contributed by atoms with van der Waals surface area (Å²) in [6.07, 6.45) is 2.13. The Hall–Kier alpha value is -2.29. The van der Waals surface area contributed by atoms with Gasteiger partial charge < -0.3 is 9.84 Å². The molecule has 0 saturated heterocycles. The standard InChI is InChI=1S/C13H10O3/c14-13(15)8-9-16-12-7-3-5-10-4-1-2-6-11(10)12/h1-9H,(H,14,15). The van der Waals surface area contributed by atoms with Crippen molar-refractivity contribution in [2.75, 3.05) is 0 Å². The number of rotatable bonds is 3. The predicted molar refractivity (Wildman–Crippen MR) is 61.4 cm³/mol. The largest absolute Gasteiger partial charge is 0.478 e. The van der Waals surface area contributed by atoms with Crippen molar-refractivity contribution in [1.29, 1.82) is 0 Å². The number of hydrogen-bond acceptors (Lipinski definition) is 2. The normalized spacial score (nSPS) is 10.8. The summed E-state index contributed by atoms with van der Waals surface area (Å²) < 4.78 is 5.27. The fourth-order valence-corrected chi connectivity index (χ4v) is 1.46. The van der Waals surface area contributed by atoms with Gasteiger partial charge in [0.15, 0.2) is 0 Å². The smallest absolute Gasteiger partial charge is 0.331 e. The maximum absolute atomic E-state index is 10.3. The van der Waals surface area contributed by atoms with Crippen molar-refractivity contribution in [2.24, 2.45) is 0 Å². The lowest BCUT2D eigenvalue weighted by Crippen LogP contribution is -1.90. The van der Waals surface area contributed by atoms with E-state index in [1.54, 1.807) is 6.07 Å². The highest BCUT2D eigenvalue weighted by Crippen LogP contribution is 2.25. The zero-order chi connectivity index (χ0) is 11.4. The number of carboxylic acids is 1. The summed E-state index contributed by atoms with van der Waals surface area (Å²) in [5.74, 6) is -0.379. The zero-order valence-electron chi connectivity index (χ0n) is 8.46. The molecule has 0 radical (unpaired) electrons. The van der Waals surface area contributed by atoms with Crippen LogP contribution in [0.4, 0.5) is 0 Å². The summed E-state index contributed by atoms with van der Waals surface area (Å²) in [6.45, 7) is 0. The molecule has 0 aromatic heterocycles. The third-order valence-corrected chi connectivity index (χ3v) is 2.16. The molecule has 0 amide bonds. The van der Waals surface area contributed by atoms with Gasteiger partial charge in [0.05, 0.1) is 12.3 Å².